The summed E-state index contributed by atoms with van der Waals surface area (Å²) in [6, 6.07) is 11.6. The predicted molar refractivity (Wildman–Crippen MR) is 178 cm³/mol. The third kappa shape index (κ3) is 7.72. The highest BCUT2D eigenvalue weighted by Gasteiger charge is 2.24. The lowest BCUT2D eigenvalue weighted by Gasteiger charge is -2.37. The first kappa shape index (κ1) is 31.8. The van der Waals surface area contributed by atoms with Gasteiger partial charge in [-0.05, 0) is 57.3 Å². The molecule has 4 aromatic rings. The van der Waals surface area contributed by atoms with Crippen LogP contribution < -0.4 is 25.6 Å². The monoisotopic (exact) mass is 631 g/mol. The number of piperidine rings is 1. The molecule has 2 aromatic carbocycles. The number of rotatable bonds is 12. The van der Waals surface area contributed by atoms with Crippen molar-refractivity contribution in [2.45, 2.75) is 32.1 Å². The fourth-order valence-corrected chi connectivity index (χ4v) is 5.32. The molecule has 1 fully saturated rings. The number of para-hydroxylation sites is 2. The first-order valence-electron chi connectivity index (χ1n) is 14.6. The van der Waals surface area contributed by atoms with E-state index in [4.69, 9.17) is 16.3 Å². The van der Waals surface area contributed by atoms with Crippen LogP contribution in [0, 0.1) is 0 Å². The molecule has 0 bridgehead atoms. The summed E-state index contributed by atoms with van der Waals surface area (Å²) in [5.41, 5.74) is 3.24. The van der Waals surface area contributed by atoms with Gasteiger partial charge in [-0.3, -0.25) is 4.79 Å². The Kier molecular flexibility index (Phi) is 10.2. The molecule has 45 heavy (non-hydrogen) atoms. The van der Waals surface area contributed by atoms with Gasteiger partial charge in [0, 0.05) is 49.8 Å². The van der Waals surface area contributed by atoms with Crippen LogP contribution in [0.15, 0.2) is 67.6 Å². The number of anilines is 6. The van der Waals surface area contributed by atoms with E-state index in [2.05, 4.69) is 61.4 Å². The van der Waals surface area contributed by atoms with Crippen LogP contribution in [-0.4, -0.2) is 68.7 Å². The molecule has 0 saturated carbocycles. The highest BCUT2D eigenvalue weighted by molar-refractivity contribution is 6.33. The molecule has 0 aliphatic carbocycles. The molecule has 12 nitrogen and oxygen atoms in total. The van der Waals surface area contributed by atoms with Crippen molar-refractivity contribution in [1.29, 1.82) is 0 Å². The standard InChI is InChI=1S/C32H38ClN9O3/c1-5-30(44)36-26-17-25(21(19-43)16-27(26)42-13-10-22(11-14-42)40(2)3)38-32-35-18-23(33)31(39-32)37-24-8-6-7-9-28(24)45-20-29-34-12-15-41(29)4/h5-9,12,15-18,22,43H,1,10-11,13-14,19-20H2,2-4H3,(H,36,44)(H2,35,37,38,39). The largest absolute Gasteiger partial charge is 0.484 e. The number of nitrogens with one attached hydrogen (secondary N) is 3. The molecule has 1 saturated heterocycles. The van der Waals surface area contributed by atoms with E-state index in [0.29, 0.717) is 45.3 Å². The van der Waals surface area contributed by atoms with E-state index in [1.165, 1.54) is 12.3 Å². The molecule has 0 radical (unpaired) electrons. The number of ether oxygens (including phenoxy) is 1. The third-order valence-electron chi connectivity index (χ3n) is 7.78. The van der Waals surface area contributed by atoms with Crippen LogP contribution in [0.1, 0.15) is 24.2 Å². The molecule has 4 N–H and O–H groups in total. The fourth-order valence-electron chi connectivity index (χ4n) is 5.18. The van der Waals surface area contributed by atoms with Crippen molar-refractivity contribution in [3.8, 4) is 5.75 Å². The van der Waals surface area contributed by atoms with Crippen LogP contribution in [0.4, 0.5) is 34.5 Å². The molecule has 13 heteroatoms. The van der Waals surface area contributed by atoms with Crippen LogP contribution in [0.25, 0.3) is 0 Å². The Morgan fingerprint density at radius 1 is 1.16 bits per heavy atom. The predicted octanol–water partition coefficient (Wildman–Crippen LogP) is 5.08. The topological polar surface area (TPSA) is 133 Å². The minimum atomic E-state index is -0.333. The minimum absolute atomic E-state index is 0.238. The molecular weight excluding hydrogens is 594 g/mol. The van der Waals surface area contributed by atoms with Gasteiger partial charge in [-0.2, -0.15) is 4.98 Å². The number of aliphatic hydroxyl groups excluding tert-OH is 1. The van der Waals surface area contributed by atoms with Gasteiger partial charge in [-0.25, -0.2) is 9.97 Å². The number of nitrogens with zero attached hydrogens (tertiary/aromatic N) is 6. The Hall–Kier alpha value is -4.65. The molecular formula is C32H38ClN9O3. The van der Waals surface area contributed by atoms with E-state index < -0.39 is 0 Å². The quantitative estimate of drug-likeness (QED) is 0.157. The van der Waals surface area contributed by atoms with Crippen molar-refractivity contribution >= 4 is 52.0 Å². The first-order chi connectivity index (χ1) is 21.7. The van der Waals surface area contributed by atoms with E-state index in [1.807, 2.05) is 48.1 Å². The smallest absolute Gasteiger partial charge is 0.247 e. The highest BCUT2D eigenvalue weighted by atomic mass is 35.5. The zero-order valence-electron chi connectivity index (χ0n) is 25.6. The van der Waals surface area contributed by atoms with E-state index in [1.54, 1.807) is 12.3 Å². The number of hydrogen-bond donors (Lipinski definition) is 4. The normalized spacial score (nSPS) is 13.5. The van der Waals surface area contributed by atoms with Gasteiger partial charge in [-0.1, -0.05) is 30.3 Å². The molecule has 0 spiro atoms. The van der Waals surface area contributed by atoms with Crippen molar-refractivity contribution < 1.29 is 14.6 Å². The van der Waals surface area contributed by atoms with Gasteiger partial charge >= 0.3 is 0 Å². The first-order valence-corrected chi connectivity index (χ1v) is 15.0. The molecule has 3 heterocycles. The molecule has 1 amide bonds. The van der Waals surface area contributed by atoms with E-state index >= 15 is 0 Å². The Balaban J connectivity index is 1.39. The molecule has 236 valence electrons. The second kappa shape index (κ2) is 14.4. The number of carbonyl (C=O) groups excluding carboxylic acids is 1. The number of carbonyl (C=O) groups is 1. The van der Waals surface area contributed by atoms with Crippen LogP contribution in [-0.2, 0) is 25.1 Å². The van der Waals surface area contributed by atoms with Gasteiger partial charge in [0.25, 0.3) is 0 Å². The molecule has 1 aliphatic heterocycles. The second-order valence-corrected chi connectivity index (χ2v) is 11.3. The fraction of sp³-hybridized carbons (Fsp3) is 0.312. The van der Waals surface area contributed by atoms with Crippen molar-refractivity contribution in [3.63, 3.8) is 0 Å². The average molecular weight is 632 g/mol. The van der Waals surface area contributed by atoms with Crippen LogP contribution >= 0.6 is 11.6 Å². The zero-order chi connectivity index (χ0) is 31.9. The van der Waals surface area contributed by atoms with Gasteiger partial charge in [0.1, 0.15) is 23.2 Å². The number of halogens is 1. The summed E-state index contributed by atoms with van der Waals surface area (Å²) in [6.45, 7) is 5.28. The lowest BCUT2D eigenvalue weighted by atomic mass is 10.0. The Morgan fingerprint density at radius 2 is 1.93 bits per heavy atom. The Morgan fingerprint density at radius 3 is 2.62 bits per heavy atom. The molecule has 5 rings (SSSR count). The van der Waals surface area contributed by atoms with Gasteiger partial charge in [0.05, 0.1) is 29.9 Å². The molecule has 0 unspecified atom stereocenters. The number of hydrogen-bond acceptors (Lipinski definition) is 10. The number of aromatic nitrogens is 4. The zero-order valence-corrected chi connectivity index (χ0v) is 26.4. The van der Waals surface area contributed by atoms with Gasteiger partial charge in [0.15, 0.2) is 5.82 Å². The number of aliphatic hydroxyl groups is 1. The van der Waals surface area contributed by atoms with Crippen molar-refractivity contribution in [1.82, 2.24) is 24.4 Å². The molecule has 0 atom stereocenters. The van der Waals surface area contributed by atoms with E-state index in [0.717, 1.165) is 37.4 Å². The Labute approximate surface area is 267 Å². The number of imidazole rings is 1. The van der Waals surface area contributed by atoms with E-state index in [9.17, 15) is 9.90 Å². The van der Waals surface area contributed by atoms with Crippen molar-refractivity contribution in [2.24, 2.45) is 7.05 Å². The van der Waals surface area contributed by atoms with Crippen LogP contribution in [0.5, 0.6) is 5.75 Å². The lowest BCUT2D eigenvalue weighted by molar-refractivity contribution is -0.111. The maximum Gasteiger partial charge on any atom is 0.247 e. The van der Waals surface area contributed by atoms with Crippen LogP contribution in [0.2, 0.25) is 5.02 Å². The number of aryl methyl sites for hydroxylation is 1. The van der Waals surface area contributed by atoms with Gasteiger partial charge in [-0.15, -0.1) is 0 Å². The van der Waals surface area contributed by atoms with E-state index in [-0.39, 0.29) is 25.1 Å². The average Bonchev–Trinajstić information content (AvgIpc) is 3.46. The summed E-state index contributed by atoms with van der Waals surface area (Å²) in [4.78, 5) is 30.2. The van der Waals surface area contributed by atoms with Crippen molar-refractivity contribution in [2.75, 3.05) is 48.0 Å². The van der Waals surface area contributed by atoms with Crippen molar-refractivity contribution in [3.05, 3.63) is 84.1 Å². The summed E-state index contributed by atoms with van der Waals surface area (Å²) < 4.78 is 7.93. The number of amides is 1. The summed E-state index contributed by atoms with van der Waals surface area (Å²) in [5.74, 6) is 1.64. The number of benzene rings is 2. The second-order valence-electron chi connectivity index (χ2n) is 10.9. The summed E-state index contributed by atoms with van der Waals surface area (Å²) in [7, 11) is 6.10. The molecule has 1 aliphatic rings. The molecule has 2 aromatic heterocycles. The summed E-state index contributed by atoms with van der Waals surface area (Å²) in [6.07, 6.45) is 8.27. The Bertz CT molecular complexity index is 1650. The maximum atomic E-state index is 12.4. The summed E-state index contributed by atoms with van der Waals surface area (Å²) in [5, 5.41) is 20.0. The minimum Gasteiger partial charge on any atom is -0.484 e. The van der Waals surface area contributed by atoms with Crippen LogP contribution in [0.3, 0.4) is 0 Å². The SMILES string of the molecule is C=CC(=O)Nc1cc(Nc2ncc(Cl)c(Nc3ccccc3OCc3nccn3C)n2)c(CO)cc1N1CCC(N(C)C)CC1. The van der Waals surface area contributed by atoms with Gasteiger partial charge in [0.2, 0.25) is 11.9 Å². The maximum absolute atomic E-state index is 12.4. The highest BCUT2D eigenvalue weighted by Crippen LogP contribution is 2.36. The lowest BCUT2D eigenvalue weighted by Crippen LogP contribution is -2.42. The third-order valence-corrected chi connectivity index (χ3v) is 8.06. The van der Waals surface area contributed by atoms with Gasteiger partial charge < -0.3 is 40.2 Å². The summed E-state index contributed by atoms with van der Waals surface area (Å²) >= 11 is 6.50.